The van der Waals surface area contributed by atoms with Crippen LogP contribution in [0.3, 0.4) is 0 Å². The fourth-order valence-corrected chi connectivity index (χ4v) is 2.28. The number of amides is 1. The standard InChI is InChI=1S/C12H9F2NO2S/c13-12(14)7-9(8-16)15(11(12)17)5-1-3-10-4-2-6-18-10/h2,4,6,8-9H,5,7H2/t9-/m1/s1. The zero-order valence-electron chi connectivity index (χ0n) is 9.23. The van der Waals surface area contributed by atoms with Gasteiger partial charge in [-0.15, -0.1) is 11.3 Å². The second-order valence-electron chi connectivity index (χ2n) is 3.82. The van der Waals surface area contributed by atoms with Crippen molar-refractivity contribution in [2.75, 3.05) is 6.54 Å². The molecule has 1 aromatic rings. The van der Waals surface area contributed by atoms with Crippen molar-refractivity contribution in [3.63, 3.8) is 0 Å². The van der Waals surface area contributed by atoms with Crippen LogP contribution >= 0.6 is 11.3 Å². The Morgan fingerprint density at radius 1 is 1.61 bits per heavy atom. The number of halogens is 2. The van der Waals surface area contributed by atoms with E-state index in [0.29, 0.717) is 6.29 Å². The highest BCUT2D eigenvalue weighted by molar-refractivity contribution is 7.10. The third kappa shape index (κ3) is 2.41. The van der Waals surface area contributed by atoms with Crippen LogP contribution in [0.2, 0.25) is 0 Å². The Kier molecular flexibility index (Phi) is 3.43. The molecule has 1 aliphatic heterocycles. The third-order valence-corrected chi connectivity index (χ3v) is 3.36. The molecular weight excluding hydrogens is 260 g/mol. The SMILES string of the molecule is O=C[C@H]1CC(F)(F)C(=O)N1CC#Cc1cccs1. The Morgan fingerprint density at radius 3 is 3.00 bits per heavy atom. The molecule has 6 heteroatoms. The number of hydrogen-bond donors (Lipinski definition) is 0. The number of alkyl halides is 2. The fourth-order valence-electron chi connectivity index (χ4n) is 1.69. The summed E-state index contributed by atoms with van der Waals surface area (Å²) in [7, 11) is 0. The number of carbonyl (C=O) groups excluding carboxylic acids is 2. The number of likely N-dealkylation sites (tertiary alicyclic amines) is 1. The summed E-state index contributed by atoms with van der Waals surface area (Å²) in [6.45, 7) is -0.157. The quantitative estimate of drug-likeness (QED) is 0.603. The zero-order chi connectivity index (χ0) is 13.2. The molecule has 0 N–H and O–H groups in total. The van der Waals surface area contributed by atoms with Crippen LogP contribution in [-0.4, -0.2) is 35.6 Å². The maximum atomic E-state index is 13.1. The van der Waals surface area contributed by atoms with Crippen molar-refractivity contribution in [3.8, 4) is 11.8 Å². The summed E-state index contributed by atoms with van der Waals surface area (Å²) >= 11 is 1.42. The normalized spacial score (nSPS) is 21.6. The molecule has 1 saturated heterocycles. The second kappa shape index (κ2) is 4.86. The first kappa shape index (κ1) is 12.7. The van der Waals surface area contributed by atoms with Gasteiger partial charge in [0.1, 0.15) is 6.29 Å². The van der Waals surface area contributed by atoms with E-state index in [1.165, 1.54) is 11.3 Å². The number of nitrogens with zero attached hydrogens (tertiary/aromatic N) is 1. The highest BCUT2D eigenvalue weighted by Gasteiger charge is 2.53. The topological polar surface area (TPSA) is 37.4 Å². The molecule has 0 radical (unpaired) electrons. The van der Waals surface area contributed by atoms with Crippen LogP contribution in [-0.2, 0) is 9.59 Å². The van der Waals surface area contributed by atoms with E-state index in [-0.39, 0.29) is 6.54 Å². The summed E-state index contributed by atoms with van der Waals surface area (Å²) in [6.07, 6.45) is -0.387. The molecule has 2 heterocycles. The van der Waals surface area contributed by atoms with Crippen LogP contribution in [0.25, 0.3) is 0 Å². The average Bonchev–Trinajstić information content (AvgIpc) is 2.90. The number of aldehydes is 1. The van der Waals surface area contributed by atoms with Crippen molar-refractivity contribution in [1.29, 1.82) is 0 Å². The van der Waals surface area contributed by atoms with Gasteiger partial charge in [0.15, 0.2) is 0 Å². The molecule has 2 rings (SSSR count). The number of rotatable bonds is 2. The molecule has 0 aromatic carbocycles. The van der Waals surface area contributed by atoms with Crippen LogP contribution in [0, 0.1) is 11.8 Å². The van der Waals surface area contributed by atoms with E-state index >= 15 is 0 Å². The molecule has 18 heavy (non-hydrogen) atoms. The Balaban J connectivity index is 2.08. The Morgan fingerprint density at radius 2 is 2.39 bits per heavy atom. The molecule has 0 unspecified atom stereocenters. The van der Waals surface area contributed by atoms with Crippen LogP contribution < -0.4 is 0 Å². The molecule has 0 saturated carbocycles. The minimum atomic E-state index is -3.45. The van der Waals surface area contributed by atoms with Gasteiger partial charge in [-0.1, -0.05) is 17.9 Å². The first-order valence-electron chi connectivity index (χ1n) is 5.21. The molecule has 1 amide bonds. The zero-order valence-corrected chi connectivity index (χ0v) is 10.0. The lowest BCUT2D eigenvalue weighted by molar-refractivity contribution is -0.147. The van der Waals surface area contributed by atoms with Crippen molar-refractivity contribution in [1.82, 2.24) is 4.90 Å². The molecular formula is C12H9F2NO2S. The van der Waals surface area contributed by atoms with Gasteiger partial charge >= 0.3 is 5.92 Å². The fraction of sp³-hybridized carbons (Fsp3) is 0.333. The summed E-state index contributed by atoms with van der Waals surface area (Å²) in [5.74, 6) is 0.626. The van der Waals surface area contributed by atoms with Crippen LogP contribution in [0.4, 0.5) is 8.78 Å². The molecule has 1 aromatic heterocycles. The lowest BCUT2D eigenvalue weighted by Gasteiger charge is -2.16. The summed E-state index contributed by atoms with van der Waals surface area (Å²) in [6, 6.07) is 2.53. The summed E-state index contributed by atoms with van der Waals surface area (Å²) in [4.78, 5) is 23.6. The minimum absolute atomic E-state index is 0.157. The van der Waals surface area contributed by atoms with Crippen molar-refractivity contribution < 1.29 is 18.4 Å². The maximum absolute atomic E-state index is 13.1. The van der Waals surface area contributed by atoms with E-state index in [4.69, 9.17) is 0 Å². The number of thiophene rings is 1. The van der Waals surface area contributed by atoms with Crippen molar-refractivity contribution in [2.24, 2.45) is 0 Å². The van der Waals surface area contributed by atoms with Gasteiger partial charge in [0, 0.05) is 6.42 Å². The predicted octanol–water partition coefficient (Wildman–Crippen LogP) is 1.53. The smallest absolute Gasteiger partial charge is 0.316 e. The lowest BCUT2D eigenvalue weighted by Crippen LogP contribution is -2.37. The minimum Gasteiger partial charge on any atom is -0.316 e. The maximum Gasteiger partial charge on any atom is 0.327 e. The Labute approximate surface area is 106 Å². The summed E-state index contributed by atoms with van der Waals surface area (Å²) in [5, 5.41) is 1.84. The Hall–Kier alpha value is -1.74. The first-order chi connectivity index (χ1) is 8.54. The van der Waals surface area contributed by atoms with Gasteiger partial charge in [-0.3, -0.25) is 4.79 Å². The van der Waals surface area contributed by atoms with Crippen LogP contribution in [0.1, 0.15) is 11.3 Å². The molecule has 1 atom stereocenters. The largest absolute Gasteiger partial charge is 0.327 e. The number of carbonyl (C=O) groups is 2. The summed E-state index contributed by atoms with van der Waals surface area (Å²) < 4.78 is 26.3. The van der Waals surface area contributed by atoms with Gasteiger partial charge < -0.3 is 9.69 Å². The molecule has 0 spiro atoms. The van der Waals surface area contributed by atoms with Gasteiger partial charge in [0.25, 0.3) is 5.91 Å². The van der Waals surface area contributed by atoms with Gasteiger partial charge in [-0.25, -0.2) is 0 Å². The van der Waals surface area contributed by atoms with Gasteiger partial charge in [-0.05, 0) is 11.4 Å². The molecule has 0 bridgehead atoms. The number of hydrogen-bond acceptors (Lipinski definition) is 3. The molecule has 3 nitrogen and oxygen atoms in total. The molecule has 0 aliphatic carbocycles. The van der Waals surface area contributed by atoms with Crippen molar-refractivity contribution >= 4 is 23.5 Å². The second-order valence-corrected chi connectivity index (χ2v) is 4.77. The molecule has 94 valence electrons. The van der Waals surface area contributed by atoms with E-state index in [2.05, 4.69) is 11.8 Å². The highest BCUT2D eigenvalue weighted by atomic mass is 32.1. The summed E-state index contributed by atoms with van der Waals surface area (Å²) in [5.41, 5.74) is 0. The van der Waals surface area contributed by atoms with Gasteiger partial charge in [0.2, 0.25) is 0 Å². The van der Waals surface area contributed by atoms with Gasteiger partial charge in [-0.2, -0.15) is 8.78 Å². The van der Waals surface area contributed by atoms with E-state index in [0.717, 1.165) is 9.78 Å². The van der Waals surface area contributed by atoms with E-state index in [1.54, 1.807) is 6.07 Å². The first-order valence-corrected chi connectivity index (χ1v) is 6.09. The molecule has 1 fully saturated rings. The van der Waals surface area contributed by atoms with Crippen molar-refractivity contribution in [3.05, 3.63) is 22.4 Å². The van der Waals surface area contributed by atoms with Crippen LogP contribution in [0.15, 0.2) is 17.5 Å². The van der Waals surface area contributed by atoms with Gasteiger partial charge in [0.05, 0.1) is 17.5 Å². The van der Waals surface area contributed by atoms with E-state index in [9.17, 15) is 18.4 Å². The van der Waals surface area contributed by atoms with E-state index in [1.807, 2.05) is 11.4 Å². The van der Waals surface area contributed by atoms with Crippen molar-refractivity contribution in [2.45, 2.75) is 18.4 Å². The monoisotopic (exact) mass is 269 g/mol. The third-order valence-electron chi connectivity index (χ3n) is 2.58. The highest BCUT2D eigenvalue weighted by Crippen LogP contribution is 2.32. The molecule has 1 aliphatic rings. The van der Waals surface area contributed by atoms with E-state index < -0.39 is 24.3 Å². The Bertz CT molecular complexity index is 516. The average molecular weight is 269 g/mol. The predicted molar refractivity (Wildman–Crippen MR) is 62.3 cm³/mol. The lowest BCUT2D eigenvalue weighted by atomic mass is 10.2. The van der Waals surface area contributed by atoms with Crippen LogP contribution in [0.5, 0.6) is 0 Å².